The Bertz CT molecular complexity index is 515. The highest BCUT2D eigenvalue weighted by Gasteiger charge is 2.65. The highest BCUT2D eigenvalue weighted by Crippen LogP contribution is 2.62. The zero-order chi connectivity index (χ0) is 12.1. The molecule has 1 aliphatic heterocycles. The predicted molar refractivity (Wildman–Crippen MR) is 63.9 cm³/mol. The second-order valence-electron chi connectivity index (χ2n) is 4.89. The van der Waals surface area contributed by atoms with Crippen LogP contribution < -0.4 is 0 Å². The van der Waals surface area contributed by atoms with Gasteiger partial charge in [0.25, 0.3) is 0 Å². The van der Waals surface area contributed by atoms with E-state index in [2.05, 4.69) is 22.0 Å². The molecule has 2 aliphatic rings. The molecule has 4 heteroatoms. The van der Waals surface area contributed by atoms with Crippen LogP contribution in [0, 0.1) is 22.6 Å². The van der Waals surface area contributed by atoms with Crippen LogP contribution in [-0.2, 0) is 10.2 Å². The van der Waals surface area contributed by atoms with Gasteiger partial charge < -0.3 is 4.74 Å². The van der Waals surface area contributed by atoms with Crippen LogP contribution >= 0.6 is 15.9 Å². The average Bonchev–Trinajstić information content (AvgIpc) is 3.03. The minimum Gasteiger partial charge on any atom is -0.379 e. The number of nitriles is 1. The van der Waals surface area contributed by atoms with E-state index in [0.717, 1.165) is 17.3 Å². The van der Waals surface area contributed by atoms with Gasteiger partial charge in [0.05, 0.1) is 30.1 Å². The van der Waals surface area contributed by atoms with E-state index in [9.17, 15) is 9.65 Å². The van der Waals surface area contributed by atoms with Crippen molar-refractivity contribution in [2.24, 2.45) is 5.41 Å². The van der Waals surface area contributed by atoms with Crippen molar-refractivity contribution in [3.8, 4) is 6.07 Å². The highest BCUT2D eigenvalue weighted by atomic mass is 79.9. The third-order valence-corrected chi connectivity index (χ3v) is 4.51. The van der Waals surface area contributed by atoms with Crippen molar-refractivity contribution in [3.05, 3.63) is 34.1 Å². The Morgan fingerprint density at radius 2 is 2.06 bits per heavy atom. The lowest BCUT2D eigenvalue weighted by Gasteiger charge is -2.45. The molecule has 0 N–H and O–H groups in total. The Hall–Kier alpha value is -0.920. The number of ether oxygens (including phenoxy) is 1. The van der Waals surface area contributed by atoms with Gasteiger partial charge in [-0.05, 0) is 31.0 Å². The smallest absolute Gasteiger partial charge is 0.127 e. The zero-order valence-corrected chi connectivity index (χ0v) is 10.8. The first-order chi connectivity index (χ1) is 8.13. The lowest BCUT2D eigenvalue weighted by Crippen LogP contribution is -2.53. The summed E-state index contributed by atoms with van der Waals surface area (Å²) >= 11 is 3.36. The molecule has 0 bridgehead atoms. The first kappa shape index (κ1) is 11.2. The first-order valence-corrected chi connectivity index (χ1v) is 6.37. The maximum Gasteiger partial charge on any atom is 0.127 e. The maximum atomic E-state index is 14.0. The SMILES string of the molecule is N#CC1(C2(c3cc(Br)ccc3F)COC2)CC1. The molecule has 1 aromatic rings. The van der Waals surface area contributed by atoms with Gasteiger partial charge in [-0.2, -0.15) is 5.26 Å². The average molecular weight is 296 g/mol. The van der Waals surface area contributed by atoms with Crippen LogP contribution in [0.2, 0.25) is 0 Å². The molecule has 1 aromatic carbocycles. The Morgan fingerprint density at radius 1 is 1.35 bits per heavy atom. The summed E-state index contributed by atoms with van der Waals surface area (Å²) in [6.45, 7) is 0.905. The summed E-state index contributed by atoms with van der Waals surface area (Å²) in [6, 6.07) is 7.30. The topological polar surface area (TPSA) is 33.0 Å². The molecule has 2 fully saturated rings. The molecule has 1 saturated heterocycles. The van der Waals surface area contributed by atoms with Gasteiger partial charge in [0.2, 0.25) is 0 Å². The molecule has 3 rings (SSSR count). The second kappa shape index (κ2) is 3.54. The quantitative estimate of drug-likeness (QED) is 0.840. The van der Waals surface area contributed by atoms with Gasteiger partial charge in [0.1, 0.15) is 5.82 Å². The van der Waals surface area contributed by atoms with Crippen molar-refractivity contribution < 1.29 is 9.13 Å². The summed E-state index contributed by atoms with van der Waals surface area (Å²) < 4.78 is 20.1. The van der Waals surface area contributed by atoms with Crippen LogP contribution in [0.4, 0.5) is 4.39 Å². The van der Waals surface area contributed by atoms with E-state index >= 15 is 0 Å². The Balaban J connectivity index is 2.13. The van der Waals surface area contributed by atoms with E-state index in [1.807, 2.05) is 0 Å². The zero-order valence-electron chi connectivity index (χ0n) is 9.17. The lowest BCUT2D eigenvalue weighted by atomic mass is 9.66. The Kier molecular flexibility index (Phi) is 2.33. The molecule has 1 aliphatic carbocycles. The molecule has 0 aromatic heterocycles. The van der Waals surface area contributed by atoms with Gasteiger partial charge in [-0.1, -0.05) is 15.9 Å². The second-order valence-corrected chi connectivity index (χ2v) is 5.81. The third-order valence-electron chi connectivity index (χ3n) is 4.02. The maximum absolute atomic E-state index is 14.0. The van der Waals surface area contributed by atoms with E-state index in [0.29, 0.717) is 18.8 Å². The standard InChI is InChI=1S/C13H11BrFNO/c14-9-1-2-11(15)10(5-9)13(7-17-8-13)12(6-16)3-4-12/h1-2,5H,3-4,7-8H2. The fourth-order valence-corrected chi connectivity index (χ4v) is 3.04. The molecule has 0 spiro atoms. The summed E-state index contributed by atoms with van der Waals surface area (Å²) in [4.78, 5) is 0. The highest BCUT2D eigenvalue weighted by molar-refractivity contribution is 9.10. The molecular formula is C13H11BrFNO. The Labute approximate surface area is 108 Å². The lowest BCUT2D eigenvalue weighted by molar-refractivity contribution is -0.0883. The summed E-state index contributed by atoms with van der Waals surface area (Å²) in [7, 11) is 0. The monoisotopic (exact) mass is 295 g/mol. The molecule has 0 atom stereocenters. The van der Waals surface area contributed by atoms with E-state index < -0.39 is 10.8 Å². The van der Waals surface area contributed by atoms with Gasteiger partial charge in [-0.15, -0.1) is 0 Å². The molecule has 0 radical (unpaired) electrons. The Morgan fingerprint density at radius 3 is 2.53 bits per heavy atom. The van der Waals surface area contributed by atoms with Gasteiger partial charge in [0, 0.05) is 10.0 Å². The minimum absolute atomic E-state index is 0.238. The number of hydrogen-bond donors (Lipinski definition) is 0. The van der Waals surface area contributed by atoms with Crippen LogP contribution in [0.1, 0.15) is 18.4 Å². The first-order valence-electron chi connectivity index (χ1n) is 5.58. The van der Waals surface area contributed by atoms with Crippen LogP contribution in [-0.4, -0.2) is 13.2 Å². The van der Waals surface area contributed by atoms with Crippen LogP contribution in [0.5, 0.6) is 0 Å². The number of hydrogen-bond acceptors (Lipinski definition) is 2. The van der Waals surface area contributed by atoms with Gasteiger partial charge in [0.15, 0.2) is 0 Å². The fraction of sp³-hybridized carbons (Fsp3) is 0.462. The van der Waals surface area contributed by atoms with Gasteiger partial charge in [-0.25, -0.2) is 4.39 Å². The largest absolute Gasteiger partial charge is 0.379 e. The molecule has 88 valence electrons. The van der Waals surface area contributed by atoms with Gasteiger partial charge >= 0.3 is 0 Å². The van der Waals surface area contributed by atoms with Crippen LogP contribution in [0.3, 0.4) is 0 Å². The number of rotatable bonds is 2. The van der Waals surface area contributed by atoms with Crippen molar-refractivity contribution in [1.29, 1.82) is 5.26 Å². The number of nitrogens with zero attached hydrogens (tertiary/aromatic N) is 1. The molecule has 1 saturated carbocycles. The summed E-state index contributed by atoms with van der Waals surface area (Å²) in [6.07, 6.45) is 1.69. The van der Waals surface area contributed by atoms with Crippen LogP contribution in [0.15, 0.2) is 22.7 Å². The summed E-state index contributed by atoms with van der Waals surface area (Å²) in [5, 5.41) is 9.34. The fourth-order valence-electron chi connectivity index (χ4n) is 2.68. The van der Waals surface area contributed by atoms with E-state index in [1.54, 1.807) is 12.1 Å². The predicted octanol–water partition coefficient (Wildman–Crippen LogP) is 3.16. The number of halogens is 2. The molecule has 17 heavy (non-hydrogen) atoms. The van der Waals surface area contributed by atoms with E-state index in [-0.39, 0.29) is 5.82 Å². The van der Waals surface area contributed by atoms with Crippen molar-refractivity contribution in [2.75, 3.05) is 13.2 Å². The minimum atomic E-state index is -0.435. The van der Waals surface area contributed by atoms with E-state index in [1.165, 1.54) is 6.07 Å². The molecule has 0 amide bonds. The van der Waals surface area contributed by atoms with Crippen molar-refractivity contribution in [1.82, 2.24) is 0 Å². The summed E-state index contributed by atoms with van der Waals surface area (Å²) in [5.74, 6) is -0.238. The van der Waals surface area contributed by atoms with Gasteiger partial charge in [-0.3, -0.25) is 0 Å². The van der Waals surface area contributed by atoms with Crippen molar-refractivity contribution in [3.63, 3.8) is 0 Å². The van der Waals surface area contributed by atoms with Crippen molar-refractivity contribution in [2.45, 2.75) is 18.3 Å². The normalized spacial score (nSPS) is 23.6. The molecule has 0 unspecified atom stereocenters. The van der Waals surface area contributed by atoms with E-state index in [4.69, 9.17) is 4.74 Å². The summed E-state index contributed by atoms with van der Waals surface area (Å²) in [5.41, 5.74) is -0.222. The van der Waals surface area contributed by atoms with Crippen molar-refractivity contribution >= 4 is 15.9 Å². The third kappa shape index (κ3) is 1.39. The molecule has 2 nitrogen and oxygen atoms in total. The number of benzene rings is 1. The molecular weight excluding hydrogens is 285 g/mol. The van der Waals surface area contributed by atoms with Crippen LogP contribution in [0.25, 0.3) is 0 Å². The molecule has 1 heterocycles.